The lowest BCUT2D eigenvalue weighted by molar-refractivity contribution is -0.118. The van der Waals surface area contributed by atoms with Gasteiger partial charge in [-0.1, -0.05) is 6.07 Å². The molecule has 0 atom stereocenters. The molecule has 0 aliphatic carbocycles. The average molecular weight is 416 g/mol. The standard InChI is InChI=1S/C21H25N3O4S/c1-13-11-14(6-7-16(13)28-3)15-12-29-20-19(15)21(26)24(9-4-5-17(22)25)18(23-20)8-10-27-2/h6-7,11-12H,4-5,8-10H2,1-3H3,(H2,22,25). The Morgan fingerprint density at radius 1 is 1.31 bits per heavy atom. The average Bonchev–Trinajstić information content (AvgIpc) is 3.12. The van der Waals surface area contributed by atoms with Gasteiger partial charge in [-0.25, -0.2) is 4.98 Å². The zero-order valence-corrected chi connectivity index (χ0v) is 17.7. The van der Waals surface area contributed by atoms with Crippen LogP contribution in [-0.2, 0) is 22.5 Å². The van der Waals surface area contributed by atoms with Crippen molar-refractivity contribution in [3.05, 3.63) is 45.3 Å². The summed E-state index contributed by atoms with van der Waals surface area (Å²) in [5, 5.41) is 2.56. The third-order valence-electron chi connectivity index (χ3n) is 4.81. The highest BCUT2D eigenvalue weighted by molar-refractivity contribution is 7.17. The molecule has 2 N–H and O–H groups in total. The summed E-state index contributed by atoms with van der Waals surface area (Å²) in [6, 6.07) is 5.86. The Hall–Kier alpha value is -2.71. The van der Waals surface area contributed by atoms with Crippen molar-refractivity contribution in [2.75, 3.05) is 20.8 Å². The fourth-order valence-electron chi connectivity index (χ4n) is 3.35. The first-order valence-corrected chi connectivity index (χ1v) is 10.3. The predicted octanol–water partition coefficient (Wildman–Crippen LogP) is 2.90. The number of benzene rings is 1. The van der Waals surface area contributed by atoms with E-state index in [2.05, 4.69) is 0 Å². The maximum Gasteiger partial charge on any atom is 0.262 e. The number of methoxy groups -OCH3 is 2. The Bertz CT molecular complexity index is 1090. The summed E-state index contributed by atoms with van der Waals surface area (Å²) in [6.45, 7) is 2.82. The molecule has 0 fully saturated rings. The summed E-state index contributed by atoms with van der Waals surface area (Å²) < 4.78 is 12.2. The number of hydrogen-bond donors (Lipinski definition) is 1. The Kier molecular flexibility index (Phi) is 6.66. The van der Waals surface area contributed by atoms with Gasteiger partial charge in [0, 0.05) is 37.4 Å². The summed E-state index contributed by atoms with van der Waals surface area (Å²) in [5.41, 5.74) is 7.95. The number of carbonyl (C=O) groups excluding carboxylic acids is 1. The van der Waals surface area contributed by atoms with Crippen LogP contribution in [0.25, 0.3) is 21.3 Å². The molecule has 1 aromatic carbocycles. The van der Waals surface area contributed by atoms with Crippen LogP contribution in [0.5, 0.6) is 5.75 Å². The Balaban J connectivity index is 2.11. The van der Waals surface area contributed by atoms with Crippen molar-refractivity contribution in [2.24, 2.45) is 5.73 Å². The van der Waals surface area contributed by atoms with E-state index in [1.165, 1.54) is 11.3 Å². The number of amides is 1. The van der Waals surface area contributed by atoms with Crippen molar-refractivity contribution < 1.29 is 14.3 Å². The van der Waals surface area contributed by atoms with Gasteiger partial charge in [-0.05, 0) is 36.6 Å². The molecule has 0 aliphatic rings. The Morgan fingerprint density at radius 2 is 2.10 bits per heavy atom. The van der Waals surface area contributed by atoms with Crippen molar-refractivity contribution in [3.8, 4) is 16.9 Å². The van der Waals surface area contributed by atoms with Crippen molar-refractivity contribution >= 4 is 27.5 Å². The molecule has 0 aliphatic heterocycles. The number of thiophene rings is 1. The van der Waals surface area contributed by atoms with Crippen LogP contribution in [0.1, 0.15) is 24.2 Å². The highest BCUT2D eigenvalue weighted by Crippen LogP contribution is 2.33. The lowest BCUT2D eigenvalue weighted by atomic mass is 10.0. The molecule has 0 spiro atoms. The van der Waals surface area contributed by atoms with E-state index in [1.807, 2.05) is 30.5 Å². The number of hydrogen-bond acceptors (Lipinski definition) is 6. The number of nitrogens with two attached hydrogens (primary N) is 1. The molecule has 154 valence electrons. The van der Waals surface area contributed by atoms with Crippen molar-refractivity contribution in [2.45, 2.75) is 32.7 Å². The van der Waals surface area contributed by atoms with E-state index in [-0.39, 0.29) is 17.9 Å². The van der Waals surface area contributed by atoms with E-state index in [0.29, 0.717) is 42.0 Å². The van der Waals surface area contributed by atoms with Gasteiger partial charge in [0.05, 0.1) is 19.1 Å². The molecule has 0 unspecified atom stereocenters. The van der Waals surface area contributed by atoms with Gasteiger partial charge < -0.3 is 15.2 Å². The number of fused-ring (bicyclic) bond motifs is 1. The number of primary amides is 1. The zero-order valence-electron chi connectivity index (χ0n) is 16.9. The van der Waals surface area contributed by atoms with Crippen LogP contribution in [0.4, 0.5) is 0 Å². The second-order valence-corrected chi connectivity index (χ2v) is 7.67. The first-order chi connectivity index (χ1) is 14.0. The minimum atomic E-state index is -0.379. The fourth-order valence-corrected chi connectivity index (χ4v) is 4.31. The van der Waals surface area contributed by atoms with Crippen LogP contribution in [0, 0.1) is 6.92 Å². The number of aryl methyl sites for hydroxylation is 1. The molecule has 8 heteroatoms. The monoisotopic (exact) mass is 415 g/mol. The van der Waals surface area contributed by atoms with Gasteiger partial charge >= 0.3 is 0 Å². The number of nitrogens with zero attached hydrogens (tertiary/aromatic N) is 2. The molecule has 0 radical (unpaired) electrons. The van der Waals surface area contributed by atoms with Gasteiger partial charge in [-0.15, -0.1) is 11.3 Å². The topological polar surface area (TPSA) is 96.4 Å². The van der Waals surface area contributed by atoms with Crippen molar-refractivity contribution in [1.82, 2.24) is 9.55 Å². The summed E-state index contributed by atoms with van der Waals surface area (Å²) in [5.74, 6) is 1.08. The molecule has 7 nitrogen and oxygen atoms in total. The zero-order chi connectivity index (χ0) is 21.0. The number of aromatic nitrogens is 2. The second-order valence-electron chi connectivity index (χ2n) is 6.81. The van der Waals surface area contributed by atoms with Gasteiger partial charge in [-0.3, -0.25) is 14.2 Å². The molecule has 0 saturated carbocycles. The molecule has 3 aromatic rings. The molecule has 3 rings (SSSR count). The summed E-state index contributed by atoms with van der Waals surface area (Å²) in [7, 11) is 3.25. The molecule has 2 aromatic heterocycles. The van der Waals surface area contributed by atoms with Gasteiger partial charge in [-0.2, -0.15) is 0 Å². The van der Waals surface area contributed by atoms with Crippen molar-refractivity contribution in [3.63, 3.8) is 0 Å². The summed E-state index contributed by atoms with van der Waals surface area (Å²) in [4.78, 5) is 30.0. The maximum absolute atomic E-state index is 13.4. The van der Waals surface area contributed by atoms with Crippen LogP contribution in [-0.4, -0.2) is 36.3 Å². The molecule has 1 amide bonds. The van der Waals surface area contributed by atoms with Crippen molar-refractivity contribution in [1.29, 1.82) is 0 Å². The molecule has 0 saturated heterocycles. The highest BCUT2D eigenvalue weighted by atomic mass is 32.1. The Labute approximate surface area is 173 Å². The van der Waals surface area contributed by atoms with Crippen LogP contribution >= 0.6 is 11.3 Å². The summed E-state index contributed by atoms with van der Waals surface area (Å²) >= 11 is 1.45. The number of rotatable bonds is 9. The van der Waals surface area contributed by atoms with Crippen LogP contribution in [0.3, 0.4) is 0 Å². The number of carbonyl (C=O) groups is 1. The minimum absolute atomic E-state index is 0.102. The first kappa shape index (κ1) is 21.0. The van der Waals surface area contributed by atoms with Gasteiger partial charge in [0.25, 0.3) is 5.56 Å². The quantitative estimate of drug-likeness (QED) is 0.580. The van der Waals surface area contributed by atoms with Gasteiger partial charge in [0.2, 0.25) is 5.91 Å². The molecule has 2 heterocycles. The van der Waals surface area contributed by atoms with Crippen LogP contribution in [0.15, 0.2) is 28.4 Å². The molecule has 29 heavy (non-hydrogen) atoms. The van der Waals surface area contributed by atoms with Gasteiger partial charge in [0.15, 0.2) is 0 Å². The van der Waals surface area contributed by atoms with E-state index in [0.717, 1.165) is 22.4 Å². The minimum Gasteiger partial charge on any atom is -0.496 e. The van der Waals surface area contributed by atoms with Gasteiger partial charge in [0.1, 0.15) is 16.4 Å². The third kappa shape index (κ3) is 4.49. The van der Waals surface area contributed by atoms with E-state index in [4.69, 9.17) is 20.2 Å². The highest BCUT2D eigenvalue weighted by Gasteiger charge is 2.17. The second kappa shape index (κ2) is 9.19. The Morgan fingerprint density at radius 3 is 2.76 bits per heavy atom. The predicted molar refractivity (Wildman–Crippen MR) is 115 cm³/mol. The molecular weight excluding hydrogens is 390 g/mol. The van der Waals surface area contributed by atoms with E-state index in [9.17, 15) is 9.59 Å². The van der Waals surface area contributed by atoms with Crippen LogP contribution < -0.4 is 16.0 Å². The third-order valence-corrected chi connectivity index (χ3v) is 5.69. The largest absolute Gasteiger partial charge is 0.496 e. The normalized spacial score (nSPS) is 11.1. The summed E-state index contributed by atoms with van der Waals surface area (Å²) in [6.07, 6.45) is 1.24. The SMILES string of the molecule is COCCc1nc2scc(-c3ccc(OC)c(C)c3)c2c(=O)n1CCCC(N)=O. The molecule has 0 bridgehead atoms. The smallest absolute Gasteiger partial charge is 0.262 e. The van der Waals surface area contributed by atoms with E-state index >= 15 is 0 Å². The van der Waals surface area contributed by atoms with E-state index < -0.39 is 0 Å². The maximum atomic E-state index is 13.4. The van der Waals surface area contributed by atoms with Crippen LogP contribution in [0.2, 0.25) is 0 Å². The fraction of sp³-hybridized carbons (Fsp3) is 0.381. The van der Waals surface area contributed by atoms with E-state index in [1.54, 1.807) is 18.8 Å². The lowest BCUT2D eigenvalue weighted by Gasteiger charge is -2.13. The number of ether oxygens (including phenoxy) is 2. The lowest BCUT2D eigenvalue weighted by Crippen LogP contribution is -2.26. The first-order valence-electron chi connectivity index (χ1n) is 9.39. The molecular formula is C21H25N3O4S.